The first-order valence-corrected chi connectivity index (χ1v) is 8.94. The second kappa shape index (κ2) is 6.35. The van der Waals surface area contributed by atoms with Crippen molar-refractivity contribution < 1.29 is 13.2 Å². The molecule has 0 aliphatic carbocycles. The van der Waals surface area contributed by atoms with Crippen LogP contribution in [0.3, 0.4) is 0 Å². The zero-order valence-corrected chi connectivity index (χ0v) is 12.0. The molecule has 18 heavy (non-hydrogen) atoms. The van der Waals surface area contributed by atoms with Gasteiger partial charge in [0.25, 0.3) is 0 Å². The van der Waals surface area contributed by atoms with Crippen LogP contribution in [0.15, 0.2) is 0 Å². The highest BCUT2D eigenvalue weighted by atomic mass is 32.2. The Morgan fingerprint density at radius 3 is 2.56 bits per heavy atom. The van der Waals surface area contributed by atoms with Crippen LogP contribution in [0.2, 0.25) is 0 Å². The summed E-state index contributed by atoms with van der Waals surface area (Å²) in [5.41, 5.74) is 0. The van der Waals surface area contributed by atoms with E-state index in [-0.39, 0.29) is 0 Å². The molecule has 2 saturated heterocycles. The minimum atomic E-state index is -2.76. The molecule has 2 atom stereocenters. The van der Waals surface area contributed by atoms with Crippen LogP contribution < -0.4 is 5.32 Å². The first kappa shape index (κ1) is 14.3. The molecule has 5 heteroatoms. The molecule has 0 bridgehead atoms. The summed E-state index contributed by atoms with van der Waals surface area (Å²) in [4.78, 5) is 0. The molecular weight excluding hydrogens is 250 g/mol. The van der Waals surface area contributed by atoms with Gasteiger partial charge < -0.3 is 10.1 Å². The molecule has 2 aliphatic heterocycles. The summed E-state index contributed by atoms with van der Waals surface area (Å²) in [5.74, 6) is 1.78. The summed E-state index contributed by atoms with van der Waals surface area (Å²) in [6.45, 7) is 4.75. The van der Waals surface area contributed by atoms with Crippen molar-refractivity contribution >= 4 is 9.84 Å². The van der Waals surface area contributed by atoms with Gasteiger partial charge in [0.1, 0.15) is 0 Å². The molecule has 0 radical (unpaired) electrons. The Morgan fingerprint density at radius 1 is 1.28 bits per heavy atom. The van der Waals surface area contributed by atoms with E-state index in [4.69, 9.17) is 4.74 Å². The van der Waals surface area contributed by atoms with Crippen LogP contribution in [0, 0.1) is 11.8 Å². The minimum Gasteiger partial charge on any atom is -0.381 e. The molecule has 4 nitrogen and oxygen atoms in total. The van der Waals surface area contributed by atoms with Crippen LogP contribution in [0.1, 0.15) is 32.6 Å². The van der Waals surface area contributed by atoms with Crippen molar-refractivity contribution in [1.82, 2.24) is 5.32 Å². The second-order valence-corrected chi connectivity index (χ2v) is 7.85. The fourth-order valence-corrected chi connectivity index (χ4v) is 5.07. The van der Waals surface area contributed by atoms with Gasteiger partial charge in [-0.3, -0.25) is 0 Å². The highest BCUT2D eigenvalue weighted by molar-refractivity contribution is 7.91. The Balaban J connectivity index is 1.90. The van der Waals surface area contributed by atoms with E-state index in [2.05, 4.69) is 12.2 Å². The van der Waals surface area contributed by atoms with Gasteiger partial charge in [0.15, 0.2) is 9.84 Å². The van der Waals surface area contributed by atoms with E-state index >= 15 is 0 Å². The molecule has 2 rings (SSSR count). The maximum absolute atomic E-state index is 11.6. The topological polar surface area (TPSA) is 55.4 Å². The molecule has 2 unspecified atom stereocenters. The standard InChI is InChI=1S/C13H25NO3S/c1-2-14-13(9-11-3-6-17-7-4-11)12-5-8-18(15,16)10-12/h11-14H,2-10H2,1H3. The molecule has 0 amide bonds. The number of rotatable bonds is 5. The van der Waals surface area contributed by atoms with Gasteiger partial charge in [-0.25, -0.2) is 8.42 Å². The van der Waals surface area contributed by atoms with E-state index in [9.17, 15) is 8.42 Å². The molecule has 1 N–H and O–H groups in total. The molecule has 106 valence electrons. The Hall–Kier alpha value is -0.130. The summed E-state index contributed by atoms with van der Waals surface area (Å²) >= 11 is 0. The third-order valence-electron chi connectivity index (χ3n) is 4.23. The zero-order chi connectivity index (χ0) is 13.0. The van der Waals surface area contributed by atoms with E-state index in [0.717, 1.165) is 45.4 Å². The van der Waals surface area contributed by atoms with E-state index < -0.39 is 9.84 Å². The third-order valence-corrected chi connectivity index (χ3v) is 6.02. The zero-order valence-electron chi connectivity index (χ0n) is 11.2. The van der Waals surface area contributed by atoms with Crippen molar-refractivity contribution in [2.75, 3.05) is 31.3 Å². The lowest BCUT2D eigenvalue weighted by atomic mass is 9.86. The average molecular weight is 275 g/mol. The molecule has 2 aliphatic rings. The van der Waals surface area contributed by atoms with E-state index in [1.807, 2.05) is 0 Å². The van der Waals surface area contributed by atoms with Crippen molar-refractivity contribution in [2.24, 2.45) is 11.8 Å². The van der Waals surface area contributed by atoms with Crippen LogP contribution in [0.4, 0.5) is 0 Å². The fraction of sp³-hybridized carbons (Fsp3) is 1.00. The number of sulfone groups is 1. The lowest BCUT2D eigenvalue weighted by molar-refractivity contribution is 0.0584. The molecule has 0 spiro atoms. The van der Waals surface area contributed by atoms with Gasteiger partial charge in [0, 0.05) is 19.3 Å². The molecule has 2 fully saturated rings. The summed E-state index contributed by atoms with van der Waals surface area (Å²) in [7, 11) is -2.76. The van der Waals surface area contributed by atoms with Crippen LogP contribution in [-0.4, -0.2) is 45.7 Å². The van der Waals surface area contributed by atoms with Crippen molar-refractivity contribution in [1.29, 1.82) is 0 Å². The van der Waals surface area contributed by atoms with Crippen LogP contribution in [-0.2, 0) is 14.6 Å². The second-order valence-electron chi connectivity index (χ2n) is 5.62. The molecule has 2 heterocycles. The first-order valence-electron chi connectivity index (χ1n) is 7.12. The Bertz CT molecular complexity index is 349. The van der Waals surface area contributed by atoms with E-state index in [1.54, 1.807) is 0 Å². The van der Waals surface area contributed by atoms with Gasteiger partial charge in [-0.15, -0.1) is 0 Å². The number of nitrogens with one attached hydrogen (secondary N) is 1. The Morgan fingerprint density at radius 2 is 2.00 bits per heavy atom. The lowest BCUT2D eigenvalue weighted by Crippen LogP contribution is -2.39. The van der Waals surface area contributed by atoms with Crippen LogP contribution in [0.25, 0.3) is 0 Å². The van der Waals surface area contributed by atoms with Crippen LogP contribution in [0.5, 0.6) is 0 Å². The van der Waals surface area contributed by atoms with E-state index in [1.165, 1.54) is 0 Å². The molecule has 0 aromatic rings. The van der Waals surface area contributed by atoms with Gasteiger partial charge in [-0.2, -0.15) is 0 Å². The number of ether oxygens (including phenoxy) is 1. The van der Waals surface area contributed by atoms with Crippen LogP contribution >= 0.6 is 0 Å². The number of hydrogen-bond donors (Lipinski definition) is 1. The summed E-state index contributed by atoms with van der Waals surface area (Å²) in [6, 6.07) is 0.371. The Labute approximate surface area is 110 Å². The van der Waals surface area contributed by atoms with Gasteiger partial charge in [-0.1, -0.05) is 6.92 Å². The predicted molar refractivity (Wildman–Crippen MR) is 72.4 cm³/mol. The quantitative estimate of drug-likeness (QED) is 0.819. The molecule has 0 aromatic carbocycles. The SMILES string of the molecule is CCNC(CC1CCOCC1)C1CCS(=O)(=O)C1. The summed E-state index contributed by atoms with van der Waals surface area (Å²) < 4.78 is 28.6. The summed E-state index contributed by atoms with van der Waals surface area (Å²) in [6.07, 6.45) is 4.20. The maximum Gasteiger partial charge on any atom is 0.150 e. The van der Waals surface area contributed by atoms with Gasteiger partial charge in [0.2, 0.25) is 0 Å². The monoisotopic (exact) mass is 275 g/mol. The maximum atomic E-state index is 11.6. The molecular formula is C13H25NO3S. The first-order chi connectivity index (χ1) is 8.61. The molecule has 0 saturated carbocycles. The van der Waals surface area contributed by atoms with E-state index in [0.29, 0.717) is 29.4 Å². The lowest BCUT2D eigenvalue weighted by Gasteiger charge is -2.30. The Kier molecular flexibility index (Phi) is 5.04. The molecule has 0 aromatic heterocycles. The van der Waals surface area contributed by atoms with Crippen molar-refractivity contribution in [3.63, 3.8) is 0 Å². The smallest absolute Gasteiger partial charge is 0.150 e. The van der Waals surface area contributed by atoms with Gasteiger partial charge in [-0.05, 0) is 44.1 Å². The van der Waals surface area contributed by atoms with Crippen molar-refractivity contribution in [3.05, 3.63) is 0 Å². The minimum absolute atomic E-state index is 0.317. The predicted octanol–water partition coefficient (Wildman–Crippen LogP) is 1.22. The van der Waals surface area contributed by atoms with Gasteiger partial charge in [0.05, 0.1) is 11.5 Å². The van der Waals surface area contributed by atoms with Crippen molar-refractivity contribution in [3.8, 4) is 0 Å². The number of hydrogen-bond acceptors (Lipinski definition) is 4. The largest absolute Gasteiger partial charge is 0.381 e. The summed E-state index contributed by atoms with van der Waals surface area (Å²) in [5, 5.41) is 3.50. The fourth-order valence-electron chi connectivity index (χ4n) is 3.19. The van der Waals surface area contributed by atoms with Crippen molar-refractivity contribution in [2.45, 2.75) is 38.6 Å². The van der Waals surface area contributed by atoms with Gasteiger partial charge >= 0.3 is 0 Å². The third kappa shape index (κ3) is 3.93. The normalized spacial score (nSPS) is 30.4. The highest BCUT2D eigenvalue weighted by Gasteiger charge is 2.34. The highest BCUT2D eigenvalue weighted by Crippen LogP contribution is 2.28. The average Bonchev–Trinajstić information content (AvgIpc) is 2.70.